The molecule has 132 valence electrons. The fraction of sp³-hybridized carbons (Fsp3) is 0.200. The van der Waals surface area contributed by atoms with E-state index in [2.05, 4.69) is 33.2 Å². The molecule has 0 atom stereocenters. The number of aromatic nitrogens is 4. The van der Waals surface area contributed by atoms with Crippen molar-refractivity contribution < 1.29 is 4.42 Å². The van der Waals surface area contributed by atoms with Crippen LogP contribution in [0.4, 0.5) is 5.82 Å². The van der Waals surface area contributed by atoms with Crippen LogP contribution in [0.2, 0.25) is 0 Å². The van der Waals surface area contributed by atoms with Gasteiger partial charge in [-0.1, -0.05) is 49.4 Å². The number of benzene rings is 1. The number of allylic oxidation sites excluding steroid dienone is 4. The molecule has 1 aromatic carbocycles. The fourth-order valence-corrected chi connectivity index (χ4v) is 2.55. The zero-order chi connectivity index (χ0) is 18.5. The van der Waals surface area contributed by atoms with Gasteiger partial charge in [-0.3, -0.25) is 0 Å². The molecule has 0 spiro atoms. The number of hydrogen-bond donors (Lipinski definition) is 1. The van der Waals surface area contributed by atoms with Crippen LogP contribution in [0.1, 0.15) is 32.2 Å². The number of hydrogen-bond acceptors (Lipinski definition) is 6. The van der Waals surface area contributed by atoms with Crippen molar-refractivity contribution in [3.05, 3.63) is 60.1 Å². The predicted molar refractivity (Wildman–Crippen MR) is 103 cm³/mol. The van der Waals surface area contributed by atoms with E-state index < -0.39 is 0 Å². The lowest BCUT2D eigenvalue weighted by Gasteiger charge is -2.08. The minimum atomic E-state index is 0.257. The molecule has 6 heteroatoms. The van der Waals surface area contributed by atoms with Gasteiger partial charge in [-0.2, -0.15) is 0 Å². The summed E-state index contributed by atoms with van der Waals surface area (Å²) in [6, 6.07) is 8.09. The summed E-state index contributed by atoms with van der Waals surface area (Å²) in [6.07, 6.45) is 8.31. The van der Waals surface area contributed by atoms with Crippen LogP contribution in [-0.2, 0) is 6.42 Å². The van der Waals surface area contributed by atoms with E-state index in [9.17, 15) is 0 Å². The van der Waals surface area contributed by atoms with Gasteiger partial charge in [0.1, 0.15) is 0 Å². The summed E-state index contributed by atoms with van der Waals surface area (Å²) in [5, 5.41) is 8.17. The monoisotopic (exact) mass is 347 g/mol. The normalized spacial score (nSPS) is 12.0. The molecule has 0 aliphatic rings. The Labute approximate surface area is 152 Å². The number of nitrogen functional groups attached to an aromatic ring is 1. The van der Waals surface area contributed by atoms with Gasteiger partial charge in [-0.05, 0) is 25.8 Å². The van der Waals surface area contributed by atoms with E-state index in [1.165, 1.54) is 5.56 Å². The van der Waals surface area contributed by atoms with Gasteiger partial charge in [0.15, 0.2) is 11.5 Å². The Morgan fingerprint density at radius 1 is 1.23 bits per heavy atom. The molecule has 3 aromatic rings. The quantitative estimate of drug-likeness (QED) is 0.691. The van der Waals surface area contributed by atoms with Gasteiger partial charge in [0, 0.05) is 11.1 Å². The van der Waals surface area contributed by atoms with Crippen molar-refractivity contribution in [3.63, 3.8) is 0 Å². The maximum atomic E-state index is 6.01. The highest BCUT2D eigenvalue weighted by Gasteiger charge is 2.17. The van der Waals surface area contributed by atoms with Gasteiger partial charge in [0.05, 0.1) is 11.9 Å². The standard InChI is InChI=1S/C20H21N5O/c1-4-6-9-13(3)19-24-25-20(26-19)17-18(21)22-12-16(23-17)15-11-8-7-10-14(15)5-2/h4,6-12H,5H2,1-3H3,(H2,21,22)/b6-4-,13-9+. The maximum Gasteiger partial charge on any atom is 0.270 e. The molecule has 2 N–H and O–H groups in total. The van der Waals surface area contributed by atoms with Gasteiger partial charge in [-0.15, -0.1) is 10.2 Å². The third-order valence-electron chi connectivity index (χ3n) is 3.98. The second-order valence-electron chi connectivity index (χ2n) is 5.79. The summed E-state index contributed by atoms with van der Waals surface area (Å²) in [4.78, 5) is 8.91. The molecule has 0 aliphatic heterocycles. The third-order valence-corrected chi connectivity index (χ3v) is 3.98. The number of nitrogens with two attached hydrogens (primary N) is 1. The average molecular weight is 347 g/mol. The van der Waals surface area contributed by atoms with Crippen LogP contribution in [-0.4, -0.2) is 20.2 Å². The Balaban J connectivity index is 2.03. The molecule has 0 fully saturated rings. The summed E-state index contributed by atoms with van der Waals surface area (Å²) in [6.45, 7) is 5.95. The summed E-state index contributed by atoms with van der Waals surface area (Å²) < 4.78 is 5.75. The molecule has 0 radical (unpaired) electrons. The fourth-order valence-electron chi connectivity index (χ4n) is 2.55. The first kappa shape index (κ1) is 17.5. The molecule has 0 unspecified atom stereocenters. The van der Waals surface area contributed by atoms with Gasteiger partial charge in [0.2, 0.25) is 5.89 Å². The molecule has 2 aromatic heterocycles. The van der Waals surface area contributed by atoms with Crippen LogP contribution >= 0.6 is 0 Å². The van der Waals surface area contributed by atoms with Crippen LogP contribution in [0.15, 0.2) is 53.1 Å². The summed E-state index contributed by atoms with van der Waals surface area (Å²) >= 11 is 0. The average Bonchev–Trinajstić information content (AvgIpc) is 3.16. The second-order valence-corrected chi connectivity index (χ2v) is 5.79. The van der Waals surface area contributed by atoms with Crippen LogP contribution in [0.25, 0.3) is 28.4 Å². The largest absolute Gasteiger partial charge is 0.415 e. The first-order valence-corrected chi connectivity index (χ1v) is 8.48. The van der Waals surface area contributed by atoms with E-state index in [0.29, 0.717) is 11.6 Å². The SMILES string of the molecule is C/C=C\C=C(/C)c1nnc(-c2nc(-c3ccccc3CC)cnc2N)o1. The Hall–Kier alpha value is -3.28. The summed E-state index contributed by atoms with van der Waals surface area (Å²) in [5.74, 6) is 0.945. The lowest BCUT2D eigenvalue weighted by atomic mass is 10.0. The lowest BCUT2D eigenvalue weighted by Crippen LogP contribution is -2.00. The van der Waals surface area contributed by atoms with Crippen LogP contribution in [0.5, 0.6) is 0 Å². The molecule has 6 nitrogen and oxygen atoms in total. The highest BCUT2D eigenvalue weighted by Crippen LogP contribution is 2.28. The van der Waals surface area contributed by atoms with Crippen molar-refractivity contribution in [1.82, 2.24) is 20.2 Å². The van der Waals surface area contributed by atoms with Crippen molar-refractivity contribution in [2.45, 2.75) is 27.2 Å². The van der Waals surface area contributed by atoms with Crippen LogP contribution in [0, 0.1) is 0 Å². The third kappa shape index (κ3) is 3.54. The van der Waals surface area contributed by atoms with Crippen LogP contribution in [0.3, 0.4) is 0 Å². The number of anilines is 1. The van der Waals surface area contributed by atoms with Gasteiger partial charge < -0.3 is 10.2 Å². The van der Waals surface area contributed by atoms with Crippen molar-refractivity contribution >= 4 is 11.4 Å². The summed E-state index contributed by atoms with van der Waals surface area (Å²) in [5.41, 5.74) is 10.2. The van der Waals surface area contributed by atoms with E-state index >= 15 is 0 Å². The lowest BCUT2D eigenvalue weighted by molar-refractivity contribution is 0.551. The van der Waals surface area contributed by atoms with Crippen molar-refractivity contribution in [2.24, 2.45) is 0 Å². The van der Waals surface area contributed by atoms with Crippen LogP contribution < -0.4 is 5.73 Å². The Bertz CT molecular complexity index is 972. The van der Waals surface area contributed by atoms with Gasteiger partial charge in [-0.25, -0.2) is 9.97 Å². The molecule has 3 rings (SSSR count). The van der Waals surface area contributed by atoms with Crippen molar-refractivity contribution in [2.75, 3.05) is 5.73 Å². The molecule has 0 saturated carbocycles. The molecule has 2 heterocycles. The maximum absolute atomic E-state index is 6.01. The zero-order valence-electron chi connectivity index (χ0n) is 15.1. The van der Waals surface area contributed by atoms with E-state index in [1.54, 1.807) is 6.20 Å². The number of nitrogens with zero attached hydrogens (tertiary/aromatic N) is 4. The Morgan fingerprint density at radius 3 is 2.81 bits per heavy atom. The minimum absolute atomic E-state index is 0.257. The van der Waals surface area contributed by atoms with Crippen molar-refractivity contribution in [1.29, 1.82) is 0 Å². The zero-order valence-corrected chi connectivity index (χ0v) is 15.1. The highest BCUT2D eigenvalue weighted by atomic mass is 16.4. The molecule has 0 amide bonds. The number of rotatable bonds is 5. The highest BCUT2D eigenvalue weighted by molar-refractivity contribution is 5.70. The first-order valence-electron chi connectivity index (χ1n) is 8.48. The predicted octanol–water partition coefficient (Wildman–Crippen LogP) is 4.32. The molecule has 0 saturated heterocycles. The Morgan fingerprint density at radius 2 is 2.04 bits per heavy atom. The molecule has 0 bridgehead atoms. The van der Waals surface area contributed by atoms with Gasteiger partial charge in [0.25, 0.3) is 5.89 Å². The second kappa shape index (κ2) is 7.74. The smallest absolute Gasteiger partial charge is 0.270 e. The number of aryl methyl sites for hydroxylation is 1. The van der Waals surface area contributed by atoms with E-state index in [0.717, 1.165) is 23.3 Å². The molecular weight excluding hydrogens is 326 g/mol. The minimum Gasteiger partial charge on any atom is -0.415 e. The summed E-state index contributed by atoms with van der Waals surface area (Å²) in [7, 11) is 0. The van der Waals surface area contributed by atoms with E-state index in [4.69, 9.17) is 10.2 Å². The first-order chi connectivity index (χ1) is 12.6. The Kier molecular flexibility index (Phi) is 5.22. The van der Waals surface area contributed by atoms with E-state index in [-0.39, 0.29) is 11.7 Å². The van der Waals surface area contributed by atoms with Crippen molar-refractivity contribution in [3.8, 4) is 22.8 Å². The topological polar surface area (TPSA) is 90.7 Å². The molecule has 26 heavy (non-hydrogen) atoms. The molecule has 0 aliphatic carbocycles. The van der Waals surface area contributed by atoms with E-state index in [1.807, 2.05) is 50.3 Å². The van der Waals surface area contributed by atoms with Gasteiger partial charge >= 0.3 is 0 Å². The molecular formula is C20H21N5O.